The predicted molar refractivity (Wildman–Crippen MR) is 84.8 cm³/mol. The lowest BCUT2D eigenvalue weighted by Gasteiger charge is -2.10. The van der Waals surface area contributed by atoms with E-state index in [1.807, 2.05) is 24.3 Å². The van der Waals surface area contributed by atoms with Crippen molar-refractivity contribution in [2.24, 2.45) is 0 Å². The number of hydrogen-bond acceptors (Lipinski definition) is 3. The number of pyridine rings is 1. The number of nitrogens with zero attached hydrogens (tertiary/aromatic N) is 1. The SMILES string of the molecule is CC(C)c1cccc(NC(=O)c2cc(Br)cnc2N)c1. The summed E-state index contributed by atoms with van der Waals surface area (Å²) in [5.41, 5.74) is 8.01. The summed E-state index contributed by atoms with van der Waals surface area (Å²) in [6, 6.07) is 9.43. The summed E-state index contributed by atoms with van der Waals surface area (Å²) in [5, 5.41) is 2.84. The molecular formula is C15H16BrN3O. The lowest BCUT2D eigenvalue weighted by Crippen LogP contribution is -2.15. The highest BCUT2D eigenvalue weighted by Crippen LogP contribution is 2.21. The van der Waals surface area contributed by atoms with Crippen LogP contribution < -0.4 is 11.1 Å². The molecule has 20 heavy (non-hydrogen) atoms. The number of benzene rings is 1. The number of nitrogen functional groups attached to an aromatic ring is 1. The topological polar surface area (TPSA) is 68.0 Å². The number of nitrogens with one attached hydrogen (secondary N) is 1. The molecule has 0 unspecified atom stereocenters. The first-order chi connectivity index (χ1) is 9.47. The van der Waals surface area contributed by atoms with Gasteiger partial charge in [0.1, 0.15) is 5.82 Å². The molecule has 0 atom stereocenters. The first-order valence-corrected chi connectivity index (χ1v) is 7.09. The van der Waals surface area contributed by atoms with Gasteiger partial charge in [0.05, 0.1) is 5.56 Å². The molecule has 0 saturated heterocycles. The number of rotatable bonds is 3. The molecule has 3 N–H and O–H groups in total. The second kappa shape index (κ2) is 6.05. The Labute approximate surface area is 126 Å². The van der Waals surface area contributed by atoms with E-state index in [0.29, 0.717) is 16.0 Å². The quantitative estimate of drug-likeness (QED) is 0.897. The molecule has 0 saturated carbocycles. The number of aromatic nitrogens is 1. The Balaban J connectivity index is 2.23. The van der Waals surface area contributed by atoms with Gasteiger partial charge in [-0.05, 0) is 45.6 Å². The van der Waals surface area contributed by atoms with Crippen LogP contribution in [0.1, 0.15) is 35.7 Å². The van der Waals surface area contributed by atoms with Gasteiger partial charge in [-0.3, -0.25) is 4.79 Å². The van der Waals surface area contributed by atoms with E-state index >= 15 is 0 Å². The van der Waals surface area contributed by atoms with Gasteiger partial charge in [0.15, 0.2) is 0 Å². The number of halogens is 1. The van der Waals surface area contributed by atoms with Crippen molar-refractivity contribution in [3.8, 4) is 0 Å². The van der Waals surface area contributed by atoms with Crippen LogP contribution in [0.25, 0.3) is 0 Å². The van der Waals surface area contributed by atoms with Gasteiger partial charge in [-0.25, -0.2) is 4.98 Å². The van der Waals surface area contributed by atoms with Crippen molar-refractivity contribution in [2.75, 3.05) is 11.1 Å². The molecule has 1 aromatic carbocycles. The van der Waals surface area contributed by atoms with Crippen LogP contribution in [-0.2, 0) is 0 Å². The van der Waals surface area contributed by atoms with Gasteiger partial charge in [0.25, 0.3) is 5.91 Å². The van der Waals surface area contributed by atoms with Crippen LogP contribution in [0.15, 0.2) is 41.0 Å². The molecule has 1 amide bonds. The zero-order valence-electron chi connectivity index (χ0n) is 11.4. The number of anilines is 2. The standard InChI is InChI=1S/C15H16BrN3O/c1-9(2)10-4-3-5-12(6-10)19-15(20)13-7-11(16)8-18-14(13)17/h3-9H,1-2H3,(H2,17,18)(H,19,20). The van der Waals surface area contributed by atoms with Gasteiger partial charge >= 0.3 is 0 Å². The fourth-order valence-electron chi connectivity index (χ4n) is 1.81. The Bertz CT molecular complexity index is 641. The second-order valence-electron chi connectivity index (χ2n) is 4.82. The summed E-state index contributed by atoms with van der Waals surface area (Å²) in [6.07, 6.45) is 1.56. The molecule has 1 aromatic heterocycles. The Morgan fingerprint density at radius 2 is 2.10 bits per heavy atom. The molecule has 2 aromatic rings. The second-order valence-corrected chi connectivity index (χ2v) is 5.74. The van der Waals surface area contributed by atoms with Crippen LogP contribution in [0.5, 0.6) is 0 Å². The lowest BCUT2D eigenvalue weighted by molar-refractivity contribution is 0.102. The number of amides is 1. The maximum Gasteiger partial charge on any atom is 0.259 e. The molecule has 4 nitrogen and oxygen atoms in total. The van der Waals surface area contributed by atoms with Gasteiger partial charge in [0, 0.05) is 16.4 Å². The van der Waals surface area contributed by atoms with Gasteiger partial charge in [-0.15, -0.1) is 0 Å². The number of carbonyl (C=O) groups is 1. The highest BCUT2D eigenvalue weighted by Gasteiger charge is 2.12. The van der Waals surface area contributed by atoms with Gasteiger partial charge < -0.3 is 11.1 Å². The molecule has 0 aliphatic heterocycles. The maximum absolute atomic E-state index is 12.2. The summed E-state index contributed by atoms with van der Waals surface area (Å²) in [5.74, 6) is 0.354. The summed E-state index contributed by atoms with van der Waals surface area (Å²) in [4.78, 5) is 16.2. The van der Waals surface area contributed by atoms with Crippen molar-refractivity contribution in [3.05, 3.63) is 52.1 Å². The third-order valence-corrected chi connectivity index (χ3v) is 3.37. The van der Waals surface area contributed by atoms with Crippen LogP contribution in [0.4, 0.5) is 11.5 Å². The van der Waals surface area contributed by atoms with Crippen molar-refractivity contribution in [1.29, 1.82) is 0 Å². The highest BCUT2D eigenvalue weighted by molar-refractivity contribution is 9.10. The van der Waals surface area contributed by atoms with Crippen LogP contribution in [0, 0.1) is 0 Å². The van der Waals surface area contributed by atoms with Crippen LogP contribution in [-0.4, -0.2) is 10.9 Å². The minimum absolute atomic E-state index is 0.214. The van der Waals surface area contributed by atoms with Gasteiger partial charge in [-0.2, -0.15) is 0 Å². The van der Waals surface area contributed by atoms with Crippen LogP contribution in [0.2, 0.25) is 0 Å². The van der Waals surface area contributed by atoms with Gasteiger partial charge in [-0.1, -0.05) is 26.0 Å². The van der Waals surface area contributed by atoms with E-state index < -0.39 is 0 Å². The molecular weight excluding hydrogens is 318 g/mol. The smallest absolute Gasteiger partial charge is 0.259 e. The molecule has 2 rings (SSSR count). The van der Waals surface area contributed by atoms with Crippen molar-refractivity contribution < 1.29 is 4.79 Å². The zero-order valence-corrected chi connectivity index (χ0v) is 12.9. The molecule has 0 bridgehead atoms. The van der Waals surface area contributed by atoms with E-state index in [2.05, 4.69) is 40.1 Å². The van der Waals surface area contributed by atoms with Gasteiger partial charge in [0.2, 0.25) is 0 Å². The maximum atomic E-state index is 12.2. The molecule has 104 valence electrons. The minimum Gasteiger partial charge on any atom is -0.383 e. The lowest BCUT2D eigenvalue weighted by atomic mass is 10.0. The normalized spacial score (nSPS) is 10.6. The van der Waals surface area contributed by atoms with E-state index in [9.17, 15) is 4.79 Å². The summed E-state index contributed by atoms with van der Waals surface area (Å²) in [6.45, 7) is 4.22. The first-order valence-electron chi connectivity index (χ1n) is 6.29. The Morgan fingerprint density at radius 1 is 1.35 bits per heavy atom. The van der Waals surface area contributed by atoms with Crippen molar-refractivity contribution >= 4 is 33.3 Å². The Morgan fingerprint density at radius 3 is 2.80 bits per heavy atom. The van der Waals surface area contributed by atoms with E-state index in [1.54, 1.807) is 12.3 Å². The highest BCUT2D eigenvalue weighted by atomic mass is 79.9. The average molecular weight is 334 g/mol. The summed E-state index contributed by atoms with van der Waals surface area (Å²) in [7, 11) is 0. The fourth-order valence-corrected chi connectivity index (χ4v) is 2.14. The molecule has 0 aliphatic rings. The number of carbonyl (C=O) groups excluding carboxylic acids is 1. The van der Waals surface area contributed by atoms with E-state index in [0.717, 1.165) is 5.69 Å². The third-order valence-electron chi connectivity index (χ3n) is 2.94. The van der Waals surface area contributed by atoms with E-state index in [4.69, 9.17) is 5.73 Å². The van der Waals surface area contributed by atoms with Crippen molar-refractivity contribution in [3.63, 3.8) is 0 Å². The molecule has 0 radical (unpaired) electrons. The summed E-state index contributed by atoms with van der Waals surface area (Å²) < 4.78 is 0.716. The Kier molecular flexibility index (Phi) is 4.39. The molecule has 0 spiro atoms. The third kappa shape index (κ3) is 3.36. The molecule has 1 heterocycles. The fraction of sp³-hybridized carbons (Fsp3) is 0.200. The number of nitrogens with two attached hydrogens (primary N) is 1. The average Bonchev–Trinajstić information content (AvgIpc) is 2.41. The van der Waals surface area contributed by atoms with Crippen molar-refractivity contribution in [1.82, 2.24) is 4.98 Å². The van der Waals surface area contributed by atoms with E-state index in [1.165, 1.54) is 5.56 Å². The predicted octanol–water partition coefficient (Wildman–Crippen LogP) is 3.80. The molecule has 0 aliphatic carbocycles. The molecule has 5 heteroatoms. The van der Waals surface area contributed by atoms with Crippen LogP contribution in [0.3, 0.4) is 0 Å². The largest absolute Gasteiger partial charge is 0.383 e. The molecule has 0 fully saturated rings. The zero-order chi connectivity index (χ0) is 14.7. The summed E-state index contributed by atoms with van der Waals surface area (Å²) >= 11 is 3.28. The van der Waals surface area contributed by atoms with Crippen LogP contribution >= 0.6 is 15.9 Å². The Hall–Kier alpha value is -1.88. The minimum atomic E-state index is -0.266. The number of hydrogen-bond donors (Lipinski definition) is 2. The monoisotopic (exact) mass is 333 g/mol. The van der Waals surface area contributed by atoms with E-state index in [-0.39, 0.29) is 11.7 Å². The first kappa shape index (κ1) is 14.5. The van der Waals surface area contributed by atoms with Crippen molar-refractivity contribution in [2.45, 2.75) is 19.8 Å².